The molecule has 9 heteroatoms. The van der Waals surface area contributed by atoms with Gasteiger partial charge in [0.25, 0.3) is 11.8 Å². The Kier molecular flexibility index (Phi) is 6.12. The van der Waals surface area contributed by atoms with E-state index in [0.717, 1.165) is 17.7 Å². The molecule has 0 radical (unpaired) electrons. The van der Waals surface area contributed by atoms with Crippen molar-refractivity contribution in [3.05, 3.63) is 29.8 Å². The number of anilines is 1. The number of carbonyl (C=O) groups is 4. The van der Waals surface area contributed by atoms with E-state index in [9.17, 15) is 19.2 Å². The number of nitrogens with one attached hydrogen (secondary N) is 2. The number of ether oxygens (including phenoxy) is 1. The summed E-state index contributed by atoms with van der Waals surface area (Å²) in [5, 5.41) is 14.3. The molecule has 1 saturated heterocycles. The third-order valence-corrected chi connectivity index (χ3v) is 5.15. The fourth-order valence-corrected chi connectivity index (χ4v) is 3.67. The van der Waals surface area contributed by atoms with Gasteiger partial charge in [-0.1, -0.05) is 25.0 Å². The highest BCUT2D eigenvalue weighted by molar-refractivity contribution is 6.07. The van der Waals surface area contributed by atoms with E-state index in [0.29, 0.717) is 24.1 Å². The molecular formula is C20H22N4O5. The fourth-order valence-electron chi connectivity index (χ4n) is 3.67. The van der Waals surface area contributed by atoms with Crippen molar-refractivity contribution < 1.29 is 23.9 Å². The first kappa shape index (κ1) is 20.3. The molecule has 1 aliphatic carbocycles. The SMILES string of the molecule is N#Cc1ccccc1NC(=O)COC(=O)CCCN1C(=O)NC2(CCCC2)C1=O. The topological polar surface area (TPSA) is 129 Å². The summed E-state index contributed by atoms with van der Waals surface area (Å²) >= 11 is 0. The molecule has 1 aromatic carbocycles. The van der Waals surface area contributed by atoms with E-state index < -0.39 is 30.1 Å². The van der Waals surface area contributed by atoms with E-state index in [1.165, 1.54) is 0 Å². The number of hydrogen-bond donors (Lipinski definition) is 2. The van der Waals surface area contributed by atoms with Gasteiger partial charge in [0.1, 0.15) is 11.6 Å². The highest BCUT2D eigenvalue weighted by atomic mass is 16.5. The Morgan fingerprint density at radius 2 is 1.97 bits per heavy atom. The number of nitrogens with zero attached hydrogens (tertiary/aromatic N) is 2. The summed E-state index contributed by atoms with van der Waals surface area (Å²) in [4.78, 5) is 49.5. The van der Waals surface area contributed by atoms with Crippen molar-refractivity contribution in [3.63, 3.8) is 0 Å². The van der Waals surface area contributed by atoms with Crippen LogP contribution >= 0.6 is 0 Å². The summed E-state index contributed by atoms with van der Waals surface area (Å²) in [6.45, 7) is -0.353. The summed E-state index contributed by atoms with van der Waals surface area (Å²) < 4.78 is 4.92. The van der Waals surface area contributed by atoms with Crippen molar-refractivity contribution in [2.24, 2.45) is 0 Å². The first-order valence-electron chi connectivity index (χ1n) is 9.54. The van der Waals surface area contributed by atoms with E-state index in [4.69, 9.17) is 10.00 Å². The molecule has 0 bridgehead atoms. The Morgan fingerprint density at radius 3 is 2.69 bits per heavy atom. The van der Waals surface area contributed by atoms with Gasteiger partial charge in [0.05, 0.1) is 11.3 Å². The zero-order valence-electron chi connectivity index (χ0n) is 15.9. The summed E-state index contributed by atoms with van der Waals surface area (Å²) in [6.07, 6.45) is 3.36. The molecule has 1 aromatic rings. The number of benzene rings is 1. The molecule has 29 heavy (non-hydrogen) atoms. The van der Waals surface area contributed by atoms with Gasteiger partial charge in [-0.2, -0.15) is 5.26 Å². The molecule has 1 aliphatic heterocycles. The van der Waals surface area contributed by atoms with E-state index >= 15 is 0 Å². The van der Waals surface area contributed by atoms with E-state index in [-0.39, 0.29) is 25.3 Å². The number of para-hydroxylation sites is 1. The number of hydrogen-bond acceptors (Lipinski definition) is 6. The van der Waals surface area contributed by atoms with E-state index in [1.807, 2.05) is 6.07 Å². The maximum absolute atomic E-state index is 12.5. The maximum Gasteiger partial charge on any atom is 0.325 e. The van der Waals surface area contributed by atoms with Crippen molar-refractivity contribution in [3.8, 4) is 6.07 Å². The molecule has 0 unspecified atom stereocenters. The second-order valence-electron chi connectivity index (χ2n) is 7.15. The van der Waals surface area contributed by atoms with Crippen LogP contribution in [0.4, 0.5) is 10.5 Å². The van der Waals surface area contributed by atoms with E-state index in [1.54, 1.807) is 24.3 Å². The average Bonchev–Trinajstić information content (AvgIpc) is 3.27. The molecule has 1 heterocycles. The molecular weight excluding hydrogens is 376 g/mol. The van der Waals surface area contributed by atoms with Crippen LogP contribution in [-0.4, -0.2) is 47.4 Å². The molecule has 2 aliphatic rings. The minimum Gasteiger partial charge on any atom is -0.456 e. The second-order valence-corrected chi connectivity index (χ2v) is 7.15. The molecule has 2 N–H and O–H groups in total. The number of amides is 4. The molecule has 152 valence electrons. The summed E-state index contributed by atoms with van der Waals surface area (Å²) in [5.74, 6) is -1.38. The zero-order chi connectivity index (χ0) is 20.9. The van der Waals surface area contributed by atoms with Crippen LogP contribution in [0.3, 0.4) is 0 Å². The van der Waals surface area contributed by atoms with Gasteiger partial charge in [-0.15, -0.1) is 0 Å². The predicted molar refractivity (Wildman–Crippen MR) is 101 cm³/mol. The van der Waals surface area contributed by atoms with Gasteiger partial charge in [-0.05, 0) is 31.4 Å². The first-order valence-corrected chi connectivity index (χ1v) is 9.54. The minimum absolute atomic E-state index is 0.0217. The van der Waals surface area contributed by atoms with E-state index in [2.05, 4.69) is 10.6 Å². The summed E-state index contributed by atoms with van der Waals surface area (Å²) in [6, 6.07) is 8.03. The molecule has 1 spiro atoms. The number of nitriles is 1. The van der Waals surface area contributed by atoms with Crippen LogP contribution in [0.1, 0.15) is 44.1 Å². The maximum atomic E-state index is 12.5. The highest BCUT2D eigenvalue weighted by Gasteiger charge is 2.52. The summed E-state index contributed by atoms with van der Waals surface area (Å²) in [5.41, 5.74) is -0.105. The highest BCUT2D eigenvalue weighted by Crippen LogP contribution is 2.35. The van der Waals surface area contributed by atoms with Gasteiger partial charge < -0.3 is 15.4 Å². The van der Waals surface area contributed by atoms with Crippen molar-refractivity contribution >= 4 is 29.5 Å². The predicted octanol–water partition coefficient (Wildman–Crippen LogP) is 1.68. The van der Waals surface area contributed by atoms with Crippen LogP contribution in [0.15, 0.2) is 24.3 Å². The molecule has 3 rings (SSSR count). The fraction of sp³-hybridized carbons (Fsp3) is 0.450. The number of esters is 1. The number of carbonyl (C=O) groups excluding carboxylic acids is 4. The monoisotopic (exact) mass is 398 g/mol. The lowest BCUT2D eigenvalue weighted by Crippen LogP contribution is -2.44. The van der Waals surface area contributed by atoms with Gasteiger partial charge >= 0.3 is 12.0 Å². The van der Waals surface area contributed by atoms with Gasteiger partial charge in [-0.25, -0.2) is 4.79 Å². The Bertz CT molecular complexity index is 870. The molecule has 1 saturated carbocycles. The number of urea groups is 1. The lowest BCUT2D eigenvalue weighted by atomic mass is 9.98. The van der Waals surface area contributed by atoms with Crippen molar-refractivity contribution in [2.75, 3.05) is 18.5 Å². The minimum atomic E-state index is -0.755. The van der Waals surface area contributed by atoms with Crippen molar-refractivity contribution in [1.29, 1.82) is 5.26 Å². The van der Waals surface area contributed by atoms with Gasteiger partial charge in [0.2, 0.25) is 0 Å². The molecule has 2 fully saturated rings. The third-order valence-electron chi connectivity index (χ3n) is 5.15. The number of imide groups is 1. The van der Waals surface area contributed by atoms with Crippen LogP contribution in [0.5, 0.6) is 0 Å². The molecule has 4 amide bonds. The quantitative estimate of drug-likeness (QED) is 0.531. The Hall–Kier alpha value is -3.41. The van der Waals surface area contributed by atoms with Crippen molar-refractivity contribution in [1.82, 2.24) is 10.2 Å². The Balaban J connectivity index is 1.39. The molecule has 9 nitrogen and oxygen atoms in total. The van der Waals surface area contributed by atoms with Crippen molar-refractivity contribution in [2.45, 2.75) is 44.1 Å². The van der Waals surface area contributed by atoms with Crippen LogP contribution in [0.2, 0.25) is 0 Å². The average molecular weight is 398 g/mol. The first-order chi connectivity index (χ1) is 13.9. The lowest BCUT2D eigenvalue weighted by molar-refractivity contribution is -0.147. The number of rotatable bonds is 7. The standard InChI is InChI=1S/C20H22N4O5/c21-12-14-6-1-2-7-15(14)22-16(25)13-29-17(26)8-5-11-24-18(27)20(23-19(24)28)9-3-4-10-20/h1-2,6-7H,3-5,8-11,13H2,(H,22,25)(H,23,28). The van der Waals surface area contributed by atoms with Gasteiger partial charge in [-0.3, -0.25) is 19.3 Å². The largest absolute Gasteiger partial charge is 0.456 e. The van der Waals surface area contributed by atoms with Crippen LogP contribution in [-0.2, 0) is 19.1 Å². The molecule has 0 aromatic heterocycles. The van der Waals surface area contributed by atoms with Crippen LogP contribution in [0.25, 0.3) is 0 Å². The van der Waals surface area contributed by atoms with Gasteiger partial charge in [0, 0.05) is 13.0 Å². The lowest BCUT2D eigenvalue weighted by Gasteiger charge is -2.19. The smallest absolute Gasteiger partial charge is 0.325 e. The summed E-state index contributed by atoms with van der Waals surface area (Å²) in [7, 11) is 0. The van der Waals surface area contributed by atoms with Gasteiger partial charge in [0.15, 0.2) is 6.61 Å². The zero-order valence-corrected chi connectivity index (χ0v) is 15.9. The Morgan fingerprint density at radius 1 is 1.24 bits per heavy atom. The van der Waals surface area contributed by atoms with Crippen LogP contribution < -0.4 is 10.6 Å². The van der Waals surface area contributed by atoms with Crippen LogP contribution in [0, 0.1) is 11.3 Å². The third kappa shape index (κ3) is 4.54. The Labute approximate surface area is 168 Å². The normalized spacial score (nSPS) is 17.1. The second kappa shape index (κ2) is 8.73. The molecule has 0 atom stereocenters.